The summed E-state index contributed by atoms with van der Waals surface area (Å²) in [5.41, 5.74) is 2.33. The summed E-state index contributed by atoms with van der Waals surface area (Å²) in [7, 11) is 1.35. The number of halogens is 1. The van der Waals surface area contributed by atoms with Crippen molar-refractivity contribution in [3.8, 4) is 0 Å². The predicted molar refractivity (Wildman–Crippen MR) is 99.8 cm³/mol. The molecular formula is C18H21ClN3O3-. The van der Waals surface area contributed by atoms with Crippen molar-refractivity contribution in [3.63, 3.8) is 0 Å². The number of benzene rings is 1. The quantitative estimate of drug-likeness (QED) is 0.454. The minimum atomic E-state index is -0.364. The van der Waals surface area contributed by atoms with Gasteiger partial charge in [0.2, 0.25) is 0 Å². The lowest BCUT2D eigenvalue weighted by molar-refractivity contribution is -0.143. The van der Waals surface area contributed by atoms with Crippen molar-refractivity contribution in [2.75, 3.05) is 24.0 Å². The maximum absolute atomic E-state index is 12.0. The number of nitrogens with zero attached hydrogens (tertiary/aromatic N) is 2. The Morgan fingerprint density at radius 1 is 1.40 bits per heavy atom. The Labute approximate surface area is 152 Å². The number of aromatic nitrogens is 1. The number of ether oxygens (including phenoxy) is 1. The zero-order valence-corrected chi connectivity index (χ0v) is 15.2. The fourth-order valence-corrected chi connectivity index (χ4v) is 2.90. The minimum Gasteiger partial charge on any atom is -0.758 e. The van der Waals surface area contributed by atoms with Gasteiger partial charge in [-0.15, -0.1) is 0 Å². The monoisotopic (exact) mass is 362 g/mol. The van der Waals surface area contributed by atoms with Crippen molar-refractivity contribution in [1.82, 2.24) is 4.98 Å². The van der Waals surface area contributed by atoms with Gasteiger partial charge in [0.25, 0.3) is 0 Å². The molecule has 1 heterocycles. The van der Waals surface area contributed by atoms with Gasteiger partial charge in [0.15, 0.2) is 5.15 Å². The average molecular weight is 363 g/mol. The molecule has 6 nitrogen and oxygen atoms in total. The van der Waals surface area contributed by atoms with E-state index >= 15 is 0 Å². The van der Waals surface area contributed by atoms with E-state index in [1.54, 1.807) is 19.9 Å². The van der Waals surface area contributed by atoms with Crippen LogP contribution in [-0.2, 0) is 9.53 Å². The Hall–Kier alpha value is -2.31. The molecule has 7 heteroatoms. The standard InChI is InChI=1S/C18H21ClN3O3/c1-4-25-16(23)11-14(13-8-6-5-7-9-13)21-15-10-12(2)20-18(19)17(15)22(3)24/h5-10,14H,4,11H2,1-3H3,(H,20,21)/q-1/t14-/m1/s1. The Bertz CT molecular complexity index is 723. The van der Waals surface area contributed by atoms with Crippen LogP contribution in [0.1, 0.15) is 30.6 Å². The van der Waals surface area contributed by atoms with Crippen LogP contribution in [0.25, 0.3) is 0 Å². The summed E-state index contributed by atoms with van der Waals surface area (Å²) in [6, 6.07) is 10.9. The summed E-state index contributed by atoms with van der Waals surface area (Å²) in [6.07, 6.45) is 0.124. The van der Waals surface area contributed by atoms with Crippen molar-refractivity contribution in [1.29, 1.82) is 0 Å². The second-order valence-corrected chi connectivity index (χ2v) is 5.92. The van der Waals surface area contributed by atoms with Gasteiger partial charge in [-0.25, -0.2) is 4.98 Å². The molecular weight excluding hydrogens is 342 g/mol. The van der Waals surface area contributed by atoms with Crippen LogP contribution in [0.3, 0.4) is 0 Å². The van der Waals surface area contributed by atoms with Crippen LogP contribution in [-0.4, -0.2) is 24.6 Å². The molecule has 0 bridgehead atoms. The summed E-state index contributed by atoms with van der Waals surface area (Å²) in [4.78, 5) is 16.1. The lowest BCUT2D eigenvalue weighted by Gasteiger charge is -2.30. The smallest absolute Gasteiger partial charge is 0.308 e. The van der Waals surface area contributed by atoms with E-state index in [0.717, 1.165) is 5.56 Å². The number of hydroxylamine groups is 1. The van der Waals surface area contributed by atoms with E-state index < -0.39 is 0 Å². The first kappa shape index (κ1) is 19.0. The fraction of sp³-hybridized carbons (Fsp3) is 0.333. The second-order valence-electron chi connectivity index (χ2n) is 5.56. The Morgan fingerprint density at radius 3 is 2.68 bits per heavy atom. The third-order valence-corrected chi connectivity index (χ3v) is 3.86. The van der Waals surface area contributed by atoms with Crippen molar-refractivity contribution >= 4 is 28.9 Å². The lowest BCUT2D eigenvalue weighted by atomic mass is 10.0. The predicted octanol–water partition coefficient (Wildman–Crippen LogP) is 4.08. The molecule has 2 aromatic rings. The first-order valence-corrected chi connectivity index (χ1v) is 8.35. The van der Waals surface area contributed by atoms with E-state index in [-0.39, 0.29) is 29.3 Å². The molecule has 0 aliphatic heterocycles. The van der Waals surface area contributed by atoms with Gasteiger partial charge in [-0.2, -0.15) is 0 Å². The van der Waals surface area contributed by atoms with Crippen molar-refractivity contribution in [3.05, 3.63) is 58.0 Å². The summed E-state index contributed by atoms with van der Waals surface area (Å²) in [5.74, 6) is -0.322. The molecule has 1 atom stereocenters. The minimum absolute atomic E-state index is 0.114. The topological polar surface area (TPSA) is 77.5 Å². The molecule has 25 heavy (non-hydrogen) atoms. The van der Waals surface area contributed by atoms with Crippen molar-refractivity contribution < 1.29 is 9.53 Å². The molecule has 134 valence electrons. The molecule has 0 radical (unpaired) electrons. The number of esters is 1. The van der Waals surface area contributed by atoms with E-state index in [1.807, 2.05) is 30.3 Å². The van der Waals surface area contributed by atoms with E-state index in [4.69, 9.17) is 16.3 Å². The Balaban J connectivity index is 2.38. The molecule has 1 aromatic carbocycles. The second kappa shape index (κ2) is 8.69. The van der Waals surface area contributed by atoms with Gasteiger partial charge in [0.05, 0.1) is 30.4 Å². The number of hydrogen-bond donors (Lipinski definition) is 1. The highest BCUT2D eigenvalue weighted by Crippen LogP contribution is 2.35. The van der Waals surface area contributed by atoms with E-state index in [0.29, 0.717) is 23.1 Å². The molecule has 0 amide bonds. The van der Waals surface area contributed by atoms with Gasteiger partial charge in [0, 0.05) is 5.69 Å². The summed E-state index contributed by atoms with van der Waals surface area (Å²) in [6.45, 7) is 3.86. The molecule has 0 aliphatic rings. The van der Waals surface area contributed by atoms with Crippen LogP contribution in [0.4, 0.5) is 11.4 Å². The number of anilines is 2. The highest BCUT2D eigenvalue weighted by molar-refractivity contribution is 6.32. The van der Waals surface area contributed by atoms with E-state index in [2.05, 4.69) is 10.3 Å². The highest BCUT2D eigenvalue weighted by Gasteiger charge is 2.19. The SMILES string of the molecule is CCOC(=O)C[C@@H](Nc1cc(C)nc(Cl)c1N(C)[O-])c1ccccc1. The first-order valence-electron chi connectivity index (χ1n) is 7.97. The van der Waals surface area contributed by atoms with Crippen LogP contribution in [0, 0.1) is 12.1 Å². The maximum atomic E-state index is 12.0. The van der Waals surface area contributed by atoms with E-state index in [1.165, 1.54) is 7.05 Å². The zero-order valence-electron chi connectivity index (χ0n) is 14.5. The van der Waals surface area contributed by atoms with E-state index in [9.17, 15) is 10.0 Å². The van der Waals surface area contributed by atoms with Gasteiger partial charge in [0.1, 0.15) is 0 Å². The largest absolute Gasteiger partial charge is 0.758 e. The van der Waals surface area contributed by atoms with Crippen molar-refractivity contribution in [2.45, 2.75) is 26.3 Å². The number of aryl methyl sites for hydroxylation is 1. The molecule has 0 unspecified atom stereocenters. The lowest BCUT2D eigenvalue weighted by Crippen LogP contribution is -2.19. The highest BCUT2D eigenvalue weighted by atomic mass is 35.5. The zero-order chi connectivity index (χ0) is 18.4. The van der Waals surface area contributed by atoms with Crippen LogP contribution >= 0.6 is 11.6 Å². The van der Waals surface area contributed by atoms with Crippen molar-refractivity contribution in [2.24, 2.45) is 0 Å². The normalized spacial score (nSPS) is 11.7. The molecule has 0 fully saturated rings. The van der Waals surface area contributed by atoms with Gasteiger partial charge >= 0.3 is 5.97 Å². The third-order valence-electron chi connectivity index (χ3n) is 3.60. The first-order chi connectivity index (χ1) is 11.9. The summed E-state index contributed by atoms with van der Waals surface area (Å²) in [5, 5.41) is 15.9. The molecule has 0 saturated heterocycles. The molecule has 0 spiro atoms. The number of pyridine rings is 1. The number of rotatable bonds is 7. The number of nitrogens with one attached hydrogen (secondary N) is 1. The summed E-state index contributed by atoms with van der Waals surface area (Å²) >= 11 is 6.13. The van der Waals surface area contributed by atoms with Gasteiger partial charge < -0.3 is 20.3 Å². The fourth-order valence-electron chi connectivity index (χ4n) is 2.55. The van der Waals surface area contributed by atoms with Crippen LogP contribution in [0.2, 0.25) is 5.15 Å². The molecule has 1 N–H and O–H groups in total. The van der Waals surface area contributed by atoms with Crippen LogP contribution in [0.5, 0.6) is 0 Å². The third kappa shape index (κ3) is 5.08. The van der Waals surface area contributed by atoms with Gasteiger partial charge in [-0.1, -0.05) is 41.9 Å². The molecule has 0 saturated carbocycles. The van der Waals surface area contributed by atoms with Crippen LogP contribution in [0.15, 0.2) is 36.4 Å². The number of hydrogen-bond acceptors (Lipinski definition) is 6. The summed E-state index contributed by atoms with van der Waals surface area (Å²) < 4.78 is 5.07. The Kier molecular flexibility index (Phi) is 6.61. The number of carbonyl (C=O) groups is 1. The molecule has 0 aliphatic carbocycles. The Morgan fingerprint density at radius 2 is 2.08 bits per heavy atom. The molecule has 1 aromatic heterocycles. The van der Waals surface area contributed by atoms with Gasteiger partial charge in [-0.05, 0) is 32.5 Å². The maximum Gasteiger partial charge on any atom is 0.308 e. The van der Waals surface area contributed by atoms with Gasteiger partial charge in [-0.3, -0.25) is 4.79 Å². The molecule has 2 rings (SSSR count). The van der Waals surface area contributed by atoms with Crippen LogP contribution < -0.4 is 10.4 Å². The number of carbonyl (C=O) groups excluding carboxylic acids is 1. The average Bonchev–Trinajstić information content (AvgIpc) is 2.54.